The Hall–Kier alpha value is -2.84. The molecule has 0 unspecified atom stereocenters. The number of carbonyl (C=O) groups is 1. The van der Waals surface area contributed by atoms with Gasteiger partial charge in [0.15, 0.2) is 15.5 Å². The molecule has 1 amide bonds. The molecule has 0 radical (unpaired) electrons. The molecule has 144 valence electrons. The van der Waals surface area contributed by atoms with E-state index < -0.39 is 5.91 Å². The maximum absolute atomic E-state index is 12.1. The molecule has 0 saturated heterocycles. The van der Waals surface area contributed by atoms with Gasteiger partial charge >= 0.3 is 0 Å². The van der Waals surface area contributed by atoms with Gasteiger partial charge in [0.05, 0.1) is 5.69 Å². The molecule has 0 saturated carbocycles. The third-order valence-corrected chi connectivity index (χ3v) is 4.14. The zero-order valence-corrected chi connectivity index (χ0v) is 17.1. The number of amides is 1. The second-order valence-electron chi connectivity index (χ2n) is 5.52. The molecule has 2 N–H and O–H groups in total. The molecule has 0 bridgehead atoms. The summed E-state index contributed by atoms with van der Waals surface area (Å²) in [6, 6.07) is 20.0. The smallest absolute Gasteiger partial charge is 0.293 e. The molecule has 0 aliphatic carbocycles. The van der Waals surface area contributed by atoms with E-state index in [0.717, 1.165) is 5.75 Å². The van der Waals surface area contributed by atoms with Crippen molar-refractivity contribution in [3.05, 3.63) is 77.2 Å². The molecule has 0 fully saturated rings. The van der Waals surface area contributed by atoms with Crippen molar-refractivity contribution >= 4 is 44.9 Å². The quantitative estimate of drug-likeness (QED) is 0.395. The van der Waals surface area contributed by atoms with E-state index >= 15 is 0 Å². The van der Waals surface area contributed by atoms with Gasteiger partial charge in [-0.1, -0.05) is 30.3 Å². The highest BCUT2D eigenvalue weighted by Gasteiger charge is 2.13. The Morgan fingerprint density at radius 2 is 1.68 bits per heavy atom. The molecule has 0 aliphatic rings. The summed E-state index contributed by atoms with van der Waals surface area (Å²) < 4.78 is 17.0. The van der Waals surface area contributed by atoms with Crippen LogP contribution in [-0.2, 0) is 0 Å². The highest BCUT2D eigenvalue weighted by atomic mass is 79.9. The molecule has 28 heavy (non-hydrogen) atoms. The number of furan rings is 1. The average molecular weight is 461 g/mol. The van der Waals surface area contributed by atoms with Crippen LogP contribution in [0.1, 0.15) is 10.6 Å². The maximum Gasteiger partial charge on any atom is 0.293 e. The predicted octanol–water partition coefficient (Wildman–Crippen LogP) is 4.63. The molecule has 1 heterocycles. The van der Waals surface area contributed by atoms with E-state index in [1.165, 1.54) is 0 Å². The van der Waals surface area contributed by atoms with Gasteiger partial charge in [0.2, 0.25) is 0 Å². The Morgan fingerprint density at radius 3 is 2.43 bits per heavy atom. The van der Waals surface area contributed by atoms with Crippen LogP contribution in [0.15, 0.2) is 75.8 Å². The van der Waals surface area contributed by atoms with Crippen molar-refractivity contribution in [2.75, 3.05) is 18.5 Å². The van der Waals surface area contributed by atoms with Crippen LogP contribution in [0.3, 0.4) is 0 Å². The van der Waals surface area contributed by atoms with Gasteiger partial charge in [0, 0.05) is 0 Å². The lowest BCUT2D eigenvalue weighted by Gasteiger charge is -2.14. The van der Waals surface area contributed by atoms with Crippen LogP contribution in [0, 0.1) is 0 Å². The molecular weight excluding hydrogens is 444 g/mol. The molecule has 3 rings (SSSR count). The number of thiocarbonyl (C=S) groups is 1. The Bertz CT molecular complexity index is 946. The predicted molar refractivity (Wildman–Crippen MR) is 114 cm³/mol. The number of hydrogen-bond acceptors (Lipinski definition) is 5. The van der Waals surface area contributed by atoms with Gasteiger partial charge < -0.3 is 19.2 Å². The van der Waals surface area contributed by atoms with E-state index in [0.29, 0.717) is 29.3 Å². The Balaban J connectivity index is 1.51. The molecular formula is C20H17BrN2O4S. The Labute approximate surface area is 176 Å². The number of carbonyl (C=O) groups excluding carboxylic acids is 1. The number of nitrogens with one attached hydrogen (secondary N) is 2. The van der Waals surface area contributed by atoms with E-state index in [1.54, 1.807) is 24.3 Å². The molecule has 2 aromatic carbocycles. The van der Waals surface area contributed by atoms with Gasteiger partial charge in [-0.25, -0.2) is 0 Å². The lowest BCUT2D eigenvalue weighted by Crippen LogP contribution is -2.34. The largest absolute Gasteiger partial charge is 0.490 e. The number of rotatable bonds is 7. The number of halogens is 1. The third-order valence-electron chi connectivity index (χ3n) is 3.51. The average Bonchev–Trinajstić information content (AvgIpc) is 3.14. The number of anilines is 1. The van der Waals surface area contributed by atoms with Crippen LogP contribution in [0.25, 0.3) is 0 Å². The van der Waals surface area contributed by atoms with E-state index in [9.17, 15) is 4.79 Å². The summed E-state index contributed by atoms with van der Waals surface area (Å²) in [7, 11) is 0. The van der Waals surface area contributed by atoms with E-state index in [1.807, 2.05) is 42.5 Å². The fraction of sp³-hybridized carbons (Fsp3) is 0.100. The van der Waals surface area contributed by atoms with Crippen LogP contribution >= 0.6 is 28.1 Å². The number of para-hydroxylation sites is 3. The van der Waals surface area contributed by atoms with Gasteiger partial charge in [0.1, 0.15) is 24.7 Å². The minimum atomic E-state index is -0.446. The monoisotopic (exact) mass is 460 g/mol. The van der Waals surface area contributed by atoms with Gasteiger partial charge in [-0.05, 0) is 64.5 Å². The first-order chi connectivity index (χ1) is 13.6. The molecule has 1 aromatic heterocycles. The summed E-state index contributed by atoms with van der Waals surface area (Å²) in [6.07, 6.45) is 0. The van der Waals surface area contributed by atoms with E-state index in [4.69, 9.17) is 26.1 Å². The van der Waals surface area contributed by atoms with Gasteiger partial charge in [-0.2, -0.15) is 0 Å². The fourth-order valence-electron chi connectivity index (χ4n) is 2.28. The maximum atomic E-state index is 12.1. The number of hydrogen-bond donors (Lipinski definition) is 2. The normalized spacial score (nSPS) is 10.2. The first-order valence-electron chi connectivity index (χ1n) is 8.39. The van der Waals surface area contributed by atoms with Gasteiger partial charge in [-0.3, -0.25) is 10.1 Å². The van der Waals surface area contributed by atoms with Crippen LogP contribution in [0.4, 0.5) is 5.69 Å². The van der Waals surface area contributed by atoms with Crippen LogP contribution in [-0.4, -0.2) is 24.2 Å². The zero-order valence-electron chi connectivity index (χ0n) is 14.7. The lowest BCUT2D eigenvalue weighted by molar-refractivity contribution is 0.0949. The lowest BCUT2D eigenvalue weighted by atomic mass is 10.3. The highest BCUT2D eigenvalue weighted by molar-refractivity contribution is 9.10. The second-order valence-corrected chi connectivity index (χ2v) is 6.71. The Kier molecular flexibility index (Phi) is 7.05. The van der Waals surface area contributed by atoms with Gasteiger partial charge in [-0.15, -0.1) is 0 Å². The summed E-state index contributed by atoms with van der Waals surface area (Å²) in [4.78, 5) is 12.1. The highest BCUT2D eigenvalue weighted by Crippen LogP contribution is 2.23. The molecule has 0 atom stereocenters. The van der Waals surface area contributed by atoms with Crippen molar-refractivity contribution in [2.45, 2.75) is 0 Å². The summed E-state index contributed by atoms with van der Waals surface area (Å²) in [5, 5.41) is 5.65. The van der Waals surface area contributed by atoms with Crippen molar-refractivity contribution in [3.8, 4) is 11.5 Å². The summed E-state index contributed by atoms with van der Waals surface area (Å²) >= 11 is 8.35. The van der Waals surface area contributed by atoms with E-state index in [-0.39, 0.29) is 10.9 Å². The van der Waals surface area contributed by atoms with Crippen LogP contribution in [0.5, 0.6) is 11.5 Å². The number of ether oxygens (including phenoxy) is 2. The van der Waals surface area contributed by atoms with Crippen molar-refractivity contribution in [2.24, 2.45) is 0 Å². The standard InChI is InChI=1S/C20H17BrN2O4S/c21-18-11-10-17(27-18)19(24)23-20(28)22-15-8-4-5-9-16(15)26-13-12-25-14-6-2-1-3-7-14/h1-11H,12-13H2,(H2,22,23,24,28). The van der Waals surface area contributed by atoms with Crippen LogP contribution < -0.4 is 20.1 Å². The molecule has 0 spiro atoms. The van der Waals surface area contributed by atoms with Crippen molar-refractivity contribution < 1.29 is 18.7 Å². The SMILES string of the molecule is O=C(NC(=S)Nc1ccccc1OCCOc1ccccc1)c1ccc(Br)o1. The summed E-state index contributed by atoms with van der Waals surface area (Å²) in [5.41, 5.74) is 0.633. The second kappa shape index (κ2) is 9.91. The van der Waals surface area contributed by atoms with Crippen molar-refractivity contribution in [1.82, 2.24) is 5.32 Å². The topological polar surface area (TPSA) is 72.7 Å². The molecule has 0 aliphatic heterocycles. The van der Waals surface area contributed by atoms with Crippen LogP contribution in [0.2, 0.25) is 0 Å². The molecule has 8 heteroatoms. The molecule has 6 nitrogen and oxygen atoms in total. The van der Waals surface area contributed by atoms with Crippen molar-refractivity contribution in [1.29, 1.82) is 0 Å². The van der Waals surface area contributed by atoms with E-state index in [2.05, 4.69) is 26.6 Å². The third kappa shape index (κ3) is 5.83. The molecule has 3 aromatic rings. The number of benzene rings is 2. The summed E-state index contributed by atoms with van der Waals surface area (Å²) in [6.45, 7) is 0.750. The zero-order chi connectivity index (χ0) is 19.8. The Morgan fingerprint density at radius 1 is 0.964 bits per heavy atom. The summed E-state index contributed by atoms with van der Waals surface area (Å²) in [5.74, 6) is 1.08. The minimum absolute atomic E-state index is 0.133. The fourth-order valence-corrected chi connectivity index (χ4v) is 2.79. The minimum Gasteiger partial charge on any atom is -0.490 e. The first kappa shape index (κ1) is 19.9. The van der Waals surface area contributed by atoms with Crippen molar-refractivity contribution in [3.63, 3.8) is 0 Å². The first-order valence-corrected chi connectivity index (χ1v) is 9.59. The van der Waals surface area contributed by atoms with Gasteiger partial charge in [0.25, 0.3) is 5.91 Å².